The smallest absolute Gasteiger partial charge is 0.272 e. The number of nitrogens with one attached hydrogen (secondary N) is 1. The van der Waals surface area contributed by atoms with Crippen molar-refractivity contribution >= 4 is 16.8 Å². The number of aromatic nitrogens is 3. The molecule has 0 unspecified atom stereocenters. The lowest BCUT2D eigenvalue weighted by atomic mass is 9.89. The lowest BCUT2D eigenvalue weighted by Gasteiger charge is -2.32. The summed E-state index contributed by atoms with van der Waals surface area (Å²) in [6, 6.07) is 10.8. The first-order chi connectivity index (χ1) is 13.3. The van der Waals surface area contributed by atoms with Crippen molar-refractivity contribution in [1.29, 1.82) is 0 Å². The number of aromatic amines is 1. The minimum Gasteiger partial charge on any atom is -0.361 e. The average molecular weight is 362 g/mol. The van der Waals surface area contributed by atoms with Crippen molar-refractivity contribution in [2.45, 2.75) is 50.5 Å². The van der Waals surface area contributed by atoms with E-state index in [1.165, 1.54) is 29.3 Å². The van der Waals surface area contributed by atoms with Gasteiger partial charge in [-0.05, 0) is 49.3 Å². The second kappa shape index (κ2) is 6.87. The van der Waals surface area contributed by atoms with Crippen LogP contribution in [-0.2, 0) is 0 Å². The largest absolute Gasteiger partial charge is 0.361 e. The van der Waals surface area contributed by atoms with Gasteiger partial charge in [0.05, 0.1) is 6.04 Å². The highest BCUT2D eigenvalue weighted by molar-refractivity contribution is 5.92. The van der Waals surface area contributed by atoms with Gasteiger partial charge >= 0.3 is 0 Å². The molecule has 3 heterocycles. The maximum Gasteiger partial charge on any atom is 0.272 e. The maximum atomic E-state index is 13.1. The second-order valence-electron chi connectivity index (χ2n) is 7.96. The molecule has 5 heteroatoms. The lowest BCUT2D eigenvalue weighted by molar-refractivity contribution is 0.0697. The van der Waals surface area contributed by atoms with E-state index in [1.54, 1.807) is 6.20 Å². The Morgan fingerprint density at radius 2 is 1.81 bits per heavy atom. The number of hydrogen-bond donors (Lipinski definition) is 1. The van der Waals surface area contributed by atoms with Crippen molar-refractivity contribution in [2.24, 2.45) is 0 Å². The first-order valence-corrected chi connectivity index (χ1v) is 10.2. The molecule has 0 atom stereocenters. The van der Waals surface area contributed by atoms with Gasteiger partial charge in [-0.15, -0.1) is 0 Å². The quantitative estimate of drug-likeness (QED) is 0.746. The molecule has 1 aliphatic carbocycles. The predicted molar refractivity (Wildman–Crippen MR) is 106 cm³/mol. The van der Waals surface area contributed by atoms with E-state index in [9.17, 15) is 4.79 Å². The molecule has 1 aliphatic heterocycles. The van der Waals surface area contributed by atoms with Crippen LogP contribution in [-0.4, -0.2) is 38.7 Å². The minimum atomic E-state index is 0.150. The van der Waals surface area contributed by atoms with E-state index in [-0.39, 0.29) is 5.91 Å². The molecule has 0 spiro atoms. The van der Waals surface area contributed by atoms with Crippen molar-refractivity contribution < 1.29 is 4.79 Å². The Bertz CT molecular complexity index is 942. The number of para-hydroxylation sites is 1. The fourth-order valence-electron chi connectivity index (χ4n) is 4.91. The van der Waals surface area contributed by atoms with Gasteiger partial charge in [-0.2, -0.15) is 5.10 Å². The number of piperidine rings is 1. The van der Waals surface area contributed by atoms with E-state index in [0.29, 0.717) is 12.0 Å². The number of hydrogen-bond acceptors (Lipinski definition) is 2. The van der Waals surface area contributed by atoms with Crippen molar-refractivity contribution in [3.05, 3.63) is 54.0 Å². The van der Waals surface area contributed by atoms with Crippen LogP contribution < -0.4 is 0 Å². The first-order valence-electron chi connectivity index (χ1n) is 10.2. The predicted octanol–water partition coefficient (Wildman–Crippen LogP) is 4.50. The molecule has 2 fully saturated rings. The van der Waals surface area contributed by atoms with Crippen LogP contribution >= 0.6 is 0 Å². The van der Waals surface area contributed by atoms with E-state index < -0.39 is 0 Å². The molecular formula is C22H26N4O. The molecular weight excluding hydrogens is 336 g/mol. The van der Waals surface area contributed by atoms with Gasteiger partial charge in [0.15, 0.2) is 0 Å². The molecule has 27 heavy (non-hydrogen) atoms. The number of fused-ring (bicyclic) bond motifs is 1. The molecule has 0 radical (unpaired) electrons. The normalized spacial score (nSPS) is 19.2. The van der Waals surface area contributed by atoms with Gasteiger partial charge in [0.1, 0.15) is 5.69 Å². The summed E-state index contributed by atoms with van der Waals surface area (Å²) >= 11 is 0. The summed E-state index contributed by atoms with van der Waals surface area (Å²) in [6.07, 6.45) is 10.8. The van der Waals surface area contributed by atoms with Crippen LogP contribution in [0.5, 0.6) is 0 Å². The summed E-state index contributed by atoms with van der Waals surface area (Å²) in [7, 11) is 0. The zero-order valence-electron chi connectivity index (χ0n) is 15.6. The number of carbonyl (C=O) groups excluding carboxylic acids is 1. The minimum absolute atomic E-state index is 0.150. The molecule has 3 aromatic rings. The molecule has 1 saturated heterocycles. The van der Waals surface area contributed by atoms with Crippen molar-refractivity contribution in [3.63, 3.8) is 0 Å². The molecule has 1 aromatic carbocycles. The van der Waals surface area contributed by atoms with Crippen LogP contribution in [0.1, 0.15) is 66.5 Å². The Balaban J connectivity index is 1.29. The highest BCUT2D eigenvalue weighted by atomic mass is 16.2. The van der Waals surface area contributed by atoms with Gasteiger partial charge in [-0.3, -0.25) is 9.48 Å². The maximum absolute atomic E-state index is 13.1. The van der Waals surface area contributed by atoms with Crippen LogP contribution in [0.3, 0.4) is 0 Å². The number of rotatable bonds is 3. The van der Waals surface area contributed by atoms with Crippen LogP contribution in [0.25, 0.3) is 10.9 Å². The summed E-state index contributed by atoms with van der Waals surface area (Å²) in [5.74, 6) is 0.668. The van der Waals surface area contributed by atoms with E-state index in [2.05, 4.69) is 40.5 Å². The van der Waals surface area contributed by atoms with E-state index in [1.807, 2.05) is 15.6 Å². The lowest BCUT2D eigenvalue weighted by Crippen LogP contribution is -2.39. The van der Waals surface area contributed by atoms with E-state index in [0.717, 1.165) is 44.5 Å². The van der Waals surface area contributed by atoms with E-state index in [4.69, 9.17) is 0 Å². The molecule has 140 valence electrons. The second-order valence-corrected chi connectivity index (χ2v) is 7.96. The molecule has 1 saturated carbocycles. The highest BCUT2D eigenvalue weighted by Gasteiger charge is 2.29. The Labute approximate surface area is 159 Å². The highest BCUT2D eigenvalue weighted by Crippen LogP contribution is 2.34. The Morgan fingerprint density at radius 1 is 1.04 bits per heavy atom. The topological polar surface area (TPSA) is 53.9 Å². The van der Waals surface area contributed by atoms with Crippen LogP contribution in [0, 0.1) is 0 Å². The summed E-state index contributed by atoms with van der Waals surface area (Å²) < 4.78 is 1.99. The van der Waals surface area contributed by atoms with Gasteiger partial charge in [-0.25, -0.2) is 0 Å². The average Bonchev–Trinajstić information content (AvgIpc) is 3.47. The fraction of sp³-hybridized carbons (Fsp3) is 0.455. The van der Waals surface area contributed by atoms with Crippen LogP contribution in [0.4, 0.5) is 0 Å². The number of carbonyl (C=O) groups is 1. The third-order valence-corrected chi connectivity index (χ3v) is 6.40. The zero-order valence-corrected chi connectivity index (χ0v) is 15.6. The van der Waals surface area contributed by atoms with Gasteiger partial charge in [0.2, 0.25) is 0 Å². The SMILES string of the molecule is O=C(c1ccnn1C1CCCC1)N1CCC(c2c[nH]c3ccccc23)CC1. The van der Waals surface area contributed by atoms with Crippen LogP contribution in [0.15, 0.2) is 42.7 Å². The van der Waals surface area contributed by atoms with Crippen LogP contribution in [0.2, 0.25) is 0 Å². The zero-order chi connectivity index (χ0) is 18.2. The van der Waals surface area contributed by atoms with Crippen molar-refractivity contribution in [3.8, 4) is 0 Å². The summed E-state index contributed by atoms with van der Waals surface area (Å²) in [4.78, 5) is 18.5. The number of nitrogens with zero attached hydrogens (tertiary/aromatic N) is 3. The van der Waals surface area contributed by atoms with Gasteiger partial charge < -0.3 is 9.88 Å². The van der Waals surface area contributed by atoms with Gasteiger partial charge in [0.25, 0.3) is 5.91 Å². The Kier molecular flexibility index (Phi) is 4.23. The molecule has 1 amide bonds. The Morgan fingerprint density at radius 3 is 2.63 bits per heavy atom. The van der Waals surface area contributed by atoms with Crippen molar-refractivity contribution in [1.82, 2.24) is 19.7 Å². The molecule has 0 bridgehead atoms. The first kappa shape index (κ1) is 16.6. The van der Waals surface area contributed by atoms with Gasteiger partial charge in [-0.1, -0.05) is 31.0 Å². The van der Waals surface area contributed by atoms with Gasteiger partial charge in [0, 0.05) is 36.4 Å². The number of H-pyrrole nitrogens is 1. The molecule has 5 rings (SSSR count). The number of amides is 1. The van der Waals surface area contributed by atoms with Crippen molar-refractivity contribution in [2.75, 3.05) is 13.1 Å². The third-order valence-electron chi connectivity index (χ3n) is 6.40. The monoisotopic (exact) mass is 362 g/mol. The molecule has 5 nitrogen and oxygen atoms in total. The summed E-state index contributed by atoms with van der Waals surface area (Å²) in [5.41, 5.74) is 3.37. The standard InChI is InChI=1S/C22H26N4O/c27-22(21-9-12-24-26(21)17-5-1-2-6-17)25-13-10-16(11-14-25)19-15-23-20-8-4-3-7-18(19)20/h3-4,7-9,12,15-17,23H,1-2,5-6,10-11,13-14H2. The fourth-order valence-corrected chi connectivity index (χ4v) is 4.91. The third kappa shape index (κ3) is 2.95. The van der Waals surface area contributed by atoms with E-state index >= 15 is 0 Å². The Hall–Kier alpha value is -2.56. The molecule has 1 N–H and O–H groups in total. The summed E-state index contributed by atoms with van der Waals surface area (Å²) in [6.45, 7) is 1.64. The number of likely N-dealkylation sites (tertiary alicyclic amines) is 1. The molecule has 2 aliphatic rings. The number of benzene rings is 1. The molecule has 2 aromatic heterocycles. The summed E-state index contributed by atoms with van der Waals surface area (Å²) in [5, 5.41) is 5.79.